The standard InChI is InChI=1S/C23H16F2O5S/c24-22(25,31(27,28)29)13-30-21(26)23-17-10-4-1-7-14(17)20(15-8-2-5-11-18(15)23)16-9-3-6-12-19(16)23/h1-12,20H,13H2,(H,27,28,29)/p-1. The molecular weight excluding hydrogens is 426 g/mol. The SMILES string of the molecule is O=C(OCC(F)(F)S(=O)(=O)[O-])C12c3ccccc3C(c3ccccc31)c1ccccc12. The molecule has 6 rings (SSSR count). The lowest BCUT2D eigenvalue weighted by Gasteiger charge is -2.48. The van der Waals surface area contributed by atoms with E-state index < -0.39 is 33.4 Å². The summed E-state index contributed by atoms with van der Waals surface area (Å²) in [4.78, 5) is 13.6. The van der Waals surface area contributed by atoms with Gasteiger partial charge in [-0.25, -0.2) is 8.42 Å². The molecule has 158 valence electrons. The number of hydrogen-bond donors (Lipinski definition) is 0. The first-order valence-electron chi connectivity index (χ1n) is 9.48. The molecule has 0 radical (unpaired) electrons. The molecular formula is C23H15F2O5S-. The number of hydrogen-bond acceptors (Lipinski definition) is 5. The maximum absolute atomic E-state index is 13.8. The van der Waals surface area contributed by atoms with Crippen molar-refractivity contribution in [2.24, 2.45) is 0 Å². The predicted molar refractivity (Wildman–Crippen MR) is 106 cm³/mol. The lowest BCUT2D eigenvalue weighted by atomic mass is 9.53. The van der Waals surface area contributed by atoms with Crippen LogP contribution in [0.4, 0.5) is 8.78 Å². The van der Waals surface area contributed by atoms with Crippen molar-refractivity contribution in [3.8, 4) is 0 Å². The summed E-state index contributed by atoms with van der Waals surface area (Å²) in [6.45, 7) is -1.85. The Balaban J connectivity index is 1.75. The fourth-order valence-corrected chi connectivity index (χ4v) is 5.07. The number of esters is 1. The van der Waals surface area contributed by atoms with Crippen molar-refractivity contribution in [3.05, 3.63) is 106 Å². The van der Waals surface area contributed by atoms with E-state index in [-0.39, 0.29) is 5.92 Å². The van der Waals surface area contributed by atoms with Crippen molar-refractivity contribution >= 4 is 16.1 Å². The lowest BCUT2D eigenvalue weighted by Crippen LogP contribution is -2.49. The minimum atomic E-state index is -5.99. The van der Waals surface area contributed by atoms with E-state index in [1.807, 2.05) is 36.4 Å². The molecule has 31 heavy (non-hydrogen) atoms. The van der Waals surface area contributed by atoms with Crippen LogP contribution in [-0.2, 0) is 25.1 Å². The third-order valence-electron chi connectivity index (χ3n) is 6.07. The first-order valence-corrected chi connectivity index (χ1v) is 10.9. The topological polar surface area (TPSA) is 83.5 Å². The van der Waals surface area contributed by atoms with E-state index in [0.717, 1.165) is 16.7 Å². The highest BCUT2D eigenvalue weighted by molar-refractivity contribution is 7.86. The molecule has 0 atom stereocenters. The molecule has 2 bridgehead atoms. The Morgan fingerprint density at radius 3 is 1.65 bits per heavy atom. The van der Waals surface area contributed by atoms with Gasteiger partial charge >= 0.3 is 11.2 Å². The van der Waals surface area contributed by atoms with E-state index in [2.05, 4.69) is 0 Å². The van der Waals surface area contributed by atoms with Crippen LogP contribution in [-0.4, -0.2) is 30.8 Å². The van der Waals surface area contributed by atoms with Crippen molar-refractivity contribution in [2.45, 2.75) is 16.6 Å². The summed E-state index contributed by atoms with van der Waals surface area (Å²) in [5, 5.41) is -4.73. The van der Waals surface area contributed by atoms with Crippen LogP contribution in [0, 0.1) is 0 Å². The van der Waals surface area contributed by atoms with Gasteiger partial charge in [0.1, 0.15) is 5.41 Å². The van der Waals surface area contributed by atoms with E-state index in [1.54, 1.807) is 36.4 Å². The van der Waals surface area contributed by atoms with Crippen molar-refractivity contribution in [3.63, 3.8) is 0 Å². The van der Waals surface area contributed by atoms with E-state index >= 15 is 0 Å². The minimum Gasteiger partial charge on any atom is -0.743 e. The number of carbonyl (C=O) groups is 1. The van der Waals surface area contributed by atoms with E-state index in [1.165, 1.54) is 0 Å². The van der Waals surface area contributed by atoms with Gasteiger partial charge in [0.25, 0.3) is 0 Å². The Labute approximate surface area is 177 Å². The first-order chi connectivity index (χ1) is 14.7. The zero-order valence-corrected chi connectivity index (χ0v) is 16.7. The van der Waals surface area contributed by atoms with Gasteiger partial charge in [-0.2, -0.15) is 8.78 Å². The first kappa shape index (κ1) is 19.8. The van der Waals surface area contributed by atoms with Gasteiger partial charge in [0.2, 0.25) is 0 Å². The van der Waals surface area contributed by atoms with Crippen LogP contribution in [0.1, 0.15) is 39.3 Å². The third-order valence-corrected chi connectivity index (χ3v) is 6.92. The Kier molecular flexibility index (Phi) is 4.13. The highest BCUT2D eigenvalue weighted by atomic mass is 32.2. The van der Waals surface area contributed by atoms with Gasteiger partial charge in [-0.3, -0.25) is 4.79 Å². The summed E-state index contributed by atoms with van der Waals surface area (Å²) < 4.78 is 65.2. The number of benzene rings is 3. The van der Waals surface area contributed by atoms with Gasteiger partial charge in [-0.1, -0.05) is 72.8 Å². The van der Waals surface area contributed by atoms with Gasteiger partial charge in [0, 0.05) is 5.92 Å². The smallest absolute Gasteiger partial charge is 0.367 e. The summed E-state index contributed by atoms with van der Waals surface area (Å²) >= 11 is 0. The predicted octanol–water partition coefficient (Wildman–Crippen LogP) is 3.51. The largest absolute Gasteiger partial charge is 0.743 e. The molecule has 0 N–H and O–H groups in total. The van der Waals surface area contributed by atoms with Crippen LogP contribution < -0.4 is 0 Å². The Morgan fingerprint density at radius 2 is 1.26 bits per heavy atom. The van der Waals surface area contributed by atoms with Gasteiger partial charge in [0.15, 0.2) is 16.7 Å². The van der Waals surface area contributed by atoms with Crippen LogP contribution in [0.3, 0.4) is 0 Å². The molecule has 0 saturated carbocycles. The quantitative estimate of drug-likeness (QED) is 0.457. The molecule has 0 unspecified atom stereocenters. The van der Waals surface area contributed by atoms with Crippen LogP contribution in [0.2, 0.25) is 0 Å². The van der Waals surface area contributed by atoms with Crippen LogP contribution in [0.5, 0.6) is 0 Å². The van der Waals surface area contributed by atoms with Gasteiger partial charge in [-0.05, 0) is 33.4 Å². The van der Waals surface area contributed by atoms with Crippen molar-refractivity contribution < 1.29 is 31.3 Å². The molecule has 0 heterocycles. The maximum atomic E-state index is 13.8. The average molecular weight is 441 g/mol. The second-order valence-electron chi connectivity index (χ2n) is 7.61. The van der Waals surface area contributed by atoms with E-state index in [9.17, 15) is 26.5 Å². The van der Waals surface area contributed by atoms with E-state index in [0.29, 0.717) is 16.7 Å². The molecule has 5 nitrogen and oxygen atoms in total. The molecule has 0 amide bonds. The maximum Gasteiger partial charge on any atom is 0.367 e. The zero-order chi connectivity index (χ0) is 22.0. The van der Waals surface area contributed by atoms with E-state index in [4.69, 9.17) is 4.74 Å². The normalized spacial score (nSPS) is 21.1. The summed E-state index contributed by atoms with van der Waals surface area (Å²) in [7, 11) is -5.99. The molecule has 3 aliphatic carbocycles. The minimum absolute atomic E-state index is 0.137. The number of rotatable bonds is 4. The summed E-state index contributed by atoms with van der Waals surface area (Å²) in [5.41, 5.74) is 2.77. The summed E-state index contributed by atoms with van der Waals surface area (Å²) in [6, 6.07) is 21.6. The van der Waals surface area contributed by atoms with Crippen LogP contribution in [0.15, 0.2) is 72.8 Å². The molecule has 0 aromatic heterocycles. The highest BCUT2D eigenvalue weighted by Crippen LogP contribution is 2.59. The Hall–Kier alpha value is -3.10. The average Bonchev–Trinajstić information content (AvgIpc) is 2.76. The Bertz CT molecular complexity index is 1220. The monoisotopic (exact) mass is 441 g/mol. The van der Waals surface area contributed by atoms with Gasteiger partial charge in [0.05, 0.1) is 0 Å². The number of ether oxygens (including phenoxy) is 1. The van der Waals surface area contributed by atoms with Crippen LogP contribution >= 0.6 is 0 Å². The number of halogens is 2. The zero-order valence-electron chi connectivity index (χ0n) is 15.9. The number of carbonyl (C=O) groups excluding carboxylic acids is 1. The Morgan fingerprint density at radius 1 is 0.871 bits per heavy atom. The molecule has 0 spiro atoms. The van der Waals surface area contributed by atoms with Crippen molar-refractivity contribution in [2.75, 3.05) is 6.61 Å². The summed E-state index contributed by atoms with van der Waals surface area (Å²) in [5.74, 6) is -1.19. The van der Waals surface area contributed by atoms with Gasteiger partial charge < -0.3 is 9.29 Å². The fourth-order valence-electron chi connectivity index (χ4n) is 4.87. The molecule has 3 aromatic rings. The molecule has 0 aliphatic heterocycles. The van der Waals surface area contributed by atoms with Crippen LogP contribution in [0.25, 0.3) is 0 Å². The van der Waals surface area contributed by atoms with Crippen molar-refractivity contribution in [1.29, 1.82) is 0 Å². The molecule has 0 fully saturated rings. The second-order valence-corrected chi connectivity index (χ2v) is 9.12. The summed E-state index contributed by atoms with van der Waals surface area (Å²) in [6.07, 6.45) is 0. The molecule has 3 aromatic carbocycles. The van der Waals surface area contributed by atoms with Gasteiger partial charge in [-0.15, -0.1) is 0 Å². The fraction of sp³-hybridized carbons (Fsp3) is 0.174. The molecule has 3 aliphatic rings. The van der Waals surface area contributed by atoms with Crippen molar-refractivity contribution in [1.82, 2.24) is 0 Å². The second kappa shape index (κ2) is 6.45. The number of alkyl halides is 2. The molecule has 8 heteroatoms. The highest BCUT2D eigenvalue weighted by Gasteiger charge is 2.57. The lowest BCUT2D eigenvalue weighted by molar-refractivity contribution is -0.153. The molecule has 0 saturated heterocycles. The third kappa shape index (κ3) is 2.55.